The topological polar surface area (TPSA) is 64.4 Å². The van der Waals surface area contributed by atoms with Crippen LogP contribution in [-0.4, -0.2) is 19.2 Å². The molecule has 0 saturated heterocycles. The molecule has 82 valence electrons. The normalized spacial score (nSPS) is 9.93. The number of halogens is 1. The number of carbonyl (C=O) groups is 1. The minimum atomic E-state index is -0.737. The third kappa shape index (κ3) is 5.39. The number of benzene rings is 1. The third-order valence-electron chi connectivity index (χ3n) is 1.74. The molecule has 1 rings (SSSR count). The van der Waals surface area contributed by atoms with E-state index in [1.54, 1.807) is 0 Å². The van der Waals surface area contributed by atoms with Gasteiger partial charge in [0.2, 0.25) is 0 Å². The molecule has 1 aromatic carbocycles. The van der Waals surface area contributed by atoms with Crippen molar-refractivity contribution in [2.75, 3.05) is 13.2 Å². The van der Waals surface area contributed by atoms with Crippen LogP contribution in [0.4, 0.5) is 4.79 Å². The van der Waals surface area contributed by atoms with Gasteiger partial charge in [0, 0.05) is 17.6 Å². The minimum absolute atomic E-state index is 0.295. The number of rotatable bonds is 5. The minimum Gasteiger partial charge on any atom is -0.448 e. The van der Waals surface area contributed by atoms with E-state index in [1.165, 1.54) is 5.56 Å². The number of carbonyl (C=O) groups excluding carboxylic acids is 1. The Hall–Kier alpha value is -1.07. The van der Waals surface area contributed by atoms with Gasteiger partial charge in [-0.05, 0) is 17.7 Å². The zero-order valence-electron chi connectivity index (χ0n) is 8.20. The molecule has 3 N–H and O–H groups in total. The van der Waals surface area contributed by atoms with Crippen LogP contribution in [0.3, 0.4) is 0 Å². The molecule has 0 aromatic heterocycles. The highest BCUT2D eigenvalue weighted by molar-refractivity contribution is 9.10. The van der Waals surface area contributed by atoms with Crippen LogP contribution in [0.25, 0.3) is 0 Å². The molecule has 0 fully saturated rings. The van der Waals surface area contributed by atoms with Gasteiger partial charge in [-0.25, -0.2) is 4.79 Å². The molecule has 0 radical (unpaired) electrons. The van der Waals surface area contributed by atoms with Crippen molar-refractivity contribution in [2.24, 2.45) is 5.73 Å². The van der Waals surface area contributed by atoms with E-state index in [-0.39, 0.29) is 0 Å². The maximum absolute atomic E-state index is 10.2. The highest BCUT2D eigenvalue weighted by Crippen LogP contribution is 2.10. The second-order valence-corrected chi connectivity index (χ2v) is 3.89. The molecule has 0 spiro atoms. The summed E-state index contributed by atoms with van der Waals surface area (Å²) in [6, 6.07) is 8.00. The van der Waals surface area contributed by atoms with Crippen LogP contribution in [-0.2, 0) is 11.3 Å². The van der Waals surface area contributed by atoms with Crippen LogP contribution in [0.5, 0.6) is 0 Å². The zero-order valence-corrected chi connectivity index (χ0v) is 9.79. The molecule has 5 heteroatoms. The van der Waals surface area contributed by atoms with Gasteiger partial charge in [0.1, 0.15) is 6.61 Å². The highest BCUT2D eigenvalue weighted by Gasteiger charge is 1.95. The van der Waals surface area contributed by atoms with Crippen LogP contribution in [0, 0.1) is 0 Å². The van der Waals surface area contributed by atoms with Crippen molar-refractivity contribution in [3.05, 3.63) is 34.3 Å². The molecule has 1 aromatic rings. The lowest BCUT2D eigenvalue weighted by Crippen LogP contribution is -2.23. The Labute approximate surface area is 96.9 Å². The van der Waals surface area contributed by atoms with Crippen molar-refractivity contribution in [3.8, 4) is 0 Å². The Kier molecular flexibility index (Phi) is 5.14. The number of amides is 1. The fourth-order valence-electron chi connectivity index (χ4n) is 1.10. The van der Waals surface area contributed by atoms with Crippen LogP contribution < -0.4 is 11.1 Å². The molecular weight excluding hydrogens is 260 g/mol. The van der Waals surface area contributed by atoms with Crippen LogP contribution in [0.2, 0.25) is 0 Å². The SMILES string of the molecule is NC(=O)OCCNCc1cccc(Br)c1. The molecule has 4 nitrogen and oxygen atoms in total. The highest BCUT2D eigenvalue weighted by atomic mass is 79.9. The summed E-state index contributed by atoms with van der Waals surface area (Å²) in [5.41, 5.74) is 5.98. The van der Waals surface area contributed by atoms with E-state index in [4.69, 9.17) is 5.73 Å². The van der Waals surface area contributed by atoms with Crippen molar-refractivity contribution >= 4 is 22.0 Å². The van der Waals surface area contributed by atoms with Crippen molar-refractivity contribution in [1.82, 2.24) is 5.32 Å². The lowest BCUT2D eigenvalue weighted by atomic mass is 10.2. The smallest absolute Gasteiger partial charge is 0.404 e. The van der Waals surface area contributed by atoms with Crippen LogP contribution in [0.15, 0.2) is 28.7 Å². The lowest BCUT2D eigenvalue weighted by Gasteiger charge is -2.05. The van der Waals surface area contributed by atoms with Gasteiger partial charge in [-0.1, -0.05) is 28.1 Å². The monoisotopic (exact) mass is 272 g/mol. The third-order valence-corrected chi connectivity index (χ3v) is 2.23. The van der Waals surface area contributed by atoms with E-state index >= 15 is 0 Å². The molecule has 0 aliphatic heterocycles. The summed E-state index contributed by atoms with van der Waals surface area (Å²) in [4.78, 5) is 10.2. The number of hydrogen-bond acceptors (Lipinski definition) is 3. The largest absolute Gasteiger partial charge is 0.448 e. The van der Waals surface area contributed by atoms with E-state index in [0.717, 1.165) is 11.0 Å². The van der Waals surface area contributed by atoms with Gasteiger partial charge < -0.3 is 15.8 Å². The second-order valence-electron chi connectivity index (χ2n) is 2.97. The molecular formula is C10H13BrN2O2. The standard InChI is InChI=1S/C10H13BrN2O2/c11-9-3-1-2-8(6-9)7-13-4-5-15-10(12)14/h1-3,6,13H,4-5,7H2,(H2,12,14). The maximum Gasteiger partial charge on any atom is 0.404 e. The summed E-state index contributed by atoms with van der Waals surface area (Å²) in [7, 11) is 0. The predicted molar refractivity (Wildman–Crippen MR) is 61.4 cm³/mol. The molecule has 0 aliphatic rings. The van der Waals surface area contributed by atoms with E-state index < -0.39 is 6.09 Å². The Balaban J connectivity index is 2.17. The first-order valence-corrected chi connectivity index (χ1v) is 5.35. The van der Waals surface area contributed by atoms with Crippen molar-refractivity contribution in [2.45, 2.75) is 6.54 Å². The Morgan fingerprint density at radius 2 is 2.33 bits per heavy atom. The van der Waals surface area contributed by atoms with Crippen LogP contribution >= 0.6 is 15.9 Å². The average Bonchev–Trinajstić information content (AvgIpc) is 2.17. The summed E-state index contributed by atoms with van der Waals surface area (Å²) < 4.78 is 5.62. The maximum atomic E-state index is 10.2. The molecule has 1 amide bonds. The van der Waals surface area contributed by atoms with E-state index in [1.807, 2.05) is 24.3 Å². The predicted octanol–water partition coefficient (Wildman–Crippen LogP) is 1.63. The second kappa shape index (κ2) is 6.42. The van der Waals surface area contributed by atoms with Gasteiger partial charge in [0.15, 0.2) is 0 Å². The van der Waals surface area contributed by atoms with Crippen molar-refractivity contribution in [1.29, 1.82) is 0 Å². The summed E-state index contributed by atoms with van der Waals surface area (Å²) >= 11 is 3.39. The van der Waals surface area contributed by atoms with Crippen LogP contribution in [0.1, 0.15) is 5.56 Å². The van der Waals surface area contributed by atoms with Gasteiger partial charge in [-0.2, -0.15) is 0 Å². The Morgan fingerprint density at radius 1 is 1.53 bits per heavy atom. The Morgan fingerprint density at radius 3 is 3.00 bits per heavy atom. The first kappa shape index (κ1) is 12.0. The number of nitrogens with two attached hydrogens (primary N) is 1. The van der Waals surface area contributed by atoms with Gasteiger partial charge >= 0.3 is 6.09 Å². The van der Waals surface area contributed by atoms with E-state index in [0.29, 0.717) is 13.2 Å². The van der Waals surface area contributed by atoms with Crippen molar-refractivity contribution in [3.63, 3.8) is 0 Å². The molecule has 0 saturated carbocycles. The zero-order chi connectivity index (χ0) is 11.1. The first-order chi connectivity index (χ1) is 7.18. The Bertz CT molecular complexity index is 331. The number of ether oxygens (including phenoxy) is 1. The fraction of sp³-hybridized carbons (Fsp3) is 0.300. The van der Waals surface area contributed by atoms with E-state index in [9.17, 15) is 4.79 Å². The average molecular weight is 273 g/mol. The number of nitrogens with one attached hydrogen (secondary N) is 1. The number of primary amides is 1. The summed E-state index contributed by atoms with van der Waals surface area (Å²) in [5, 5.41) is 3.13. The van der Waals surface area contributed by atoms with Gasteiger partial charge in [-0.15, -0.1) is 0 Å². The number of hydrogen-bond donors (Lipinski definition) is 2. The first-order valence-electron chi connectivity index (χ1n) is 4.56. The van der Waals surface area contributed by atoms with Gasteiger partial charge in [0.25, 0.3) is 0 Å². The molecule has 0 unspecified atom stereocenters. The molecule has 0 atom stereocenters. The van der Waals surface area contributed by atoms with Gasteiger partial charge in [-0.3, -0.25) is 0 Å². The van der Waals surface area contributed by atoms with E-state index in [2.05, 4.69) is 26.0 Å². The summed E-state index contributed by atoms with van der Waals surface area (Å²) in [6.07, 6.45) is -0.737. The quantitative estimate of drug-likeness (QED) is 0.801. The molecule has 15 heavy (non-hydrogen) atoms. The summed E-state index contributed by atoms with van der Waals surface area (Å²) in [6.45, 7) is 1.63. The summed E-state index contributed by atoms with van der Waals surface area (Å²) in [5.74, 6) is 0. The van der Waals surface area contributed by atoms with Gasteiger partial charge in [0.05, 0.1) is 0 Å². The molecule has 0 aliphatic carbocycles. The fourth-order valence-corrected chi connectivity index (χ4v) is 1.55. The lowest BCUT2D eigenvalue weighted by molar-refractivity contribution is 0.157. The molecule has 0 bridgehead atoms. The molecule has 0 heterocycles. The van der Waals surface area contributed by atoms with Crippen molar-refractivity contribution < 1.29 is 9.53 Å².